The summed E-state index contributed by atoms with van der Waals surface area (Å²) in [6.45, 7) is 1.98. The molecule has 0 N–H and O–H groups in total. The average Bonchev–Trinajstić information content (AvgIpc) is 2.54. The molecule has 0 saturated heterocycles. The van der Waals surface area contributed by atoms with Crippen LogP contribution in [0.15, 0.2) is 42.5 Å². The zero-order valence-electron chi connectivity index (χ0n) is 10.3. The first-order valence-electron chi connectivity index (χ1n) is 5.94. The minimum absolute atomic E-state index is 0.460. The SMILES string of the molecule is Cc1ccc2c(c1)Oc1ccccc1C=C2C(=O)Cl. The van der Waals surface area contributed by atoms with Gasteiger partial charge < -0.3 is 4.74 Å². The zero-order valence-corrected chi connectivity index (χ0v) is 11.1. The van der Waals surface area contributed by atoms with E-state index in [4.69, 9.17) is 16.3 Å². The Hall–Kier alpha value is -2.06. The van der Waals surface area contributed by atoms with Crippen LogP contribution in [-0.2, 0) is 4.79 Å². The fourth-order valence-corrected chi connectivity index (χ4v) is 2.30. The summed E-state index contributed by atoms with van der Waals surface area (Å²) in [5.74, 6) is 1.38. The van der Waals surface area contributed by atoms with E-state index in [-0.39, 0.29) is 0 Å². The van der Waals surface area contributed by atoms with E-state index in [0.717, 1.165) is 22.4 Å². The summed E-state index contributed by atoms with van der Waals surface area (Å²) in [6.07, 6.45) is 1.77. The van der Waals surface area contributed by atoms with Crippen molar-refractivity contribution in [1.82, 2.24) is 0 Å². The third-order valence-electron chi connectivity index (χ3n) is 3.08. The number of hydrogen-bond acceptors (Lipinski definition) is 2. The summed E-state index contributed by atoms with van der Waals surface area (Å²) in [6, 6.07) is 13.3. The lowest BCUT2D eigenvalue weighted by Gasteiger charge is -2.10. The van der Waals surface area contributed by atoms with Gasteiger partial charge in [-0.25, -0.2) is 0 Å². The van der Waals surface area contributed by atoms with E-state index in [1.54, 1.807) is 6.08 Å². The number of para-hydroxylation sites is 1. The van der Waals surface area contributed by atoms with E-state index in [0.29, 0.717) is 11.3 Å². The summed E-state index contributed by atoms with van der Waals surface area (Å²) < 4.78 is 5.90. The standard InChI is InChI=1S/C16H11ClO2/c1-10-6-7-12-13(16(17)18)9-11-4-2-3-5-14(11)19-15(12)8-10/h2-9H,1H3. The Morgan fingerprint density at radius 3 is 2.68 bits per heavy atom. The molecule has 0 unspecified atom stereocenters. The van der Waals surface area contributed by atoms with Crippen LogP contribution in [0.2, 0.25) is 0 Å². The summed E-state index contributed by atoms with van der Waals surface area (Å²) >= 11 is 5.70. The second-order valence-corrected chi connectivity index (χ2v) is 4.81. The van der Waals surface area contributed by atoms with Gasteiger partial charge in [-0.05, 0) is 42.3 Å². The lowest BCUT2D eigenvalue weighted by atomic mass is 10.0. The minimum atomic E-state index is -0.481. The molecule has 1 aliphatic rings. The Morgan fingerprint density at radius 1 is 1.11 bits per heavy atom. The Balaban J connectivity index is 2.29. The van der Waals surface area contributed by atoms with E-state index in [9.17, 15) is 4.79 Å². The van der Waals surface area contributed by atoms with Gasteiger partial charge in [0.05, 0.1) is 0 Å². The van der Waals surface area contributed by atoms with Crippen molar-refractivity contribution in [3.63, 3.8) is 0 Å². The molecule has 3 heteroatoms. The fourth-order valence-electron chi connectivity index (χ4n) is 2.14. The Kier molecular flexibility index (Phi) is 2.88. The highest BCUT2D eigenvalue weighted by molar-refractivity contribution is 6.75. The quantitative estimate of drug-likeness (QED) is 0.718. The maximum absolute atomic E-state index is 11.7. The highest BCUT2D eigenvalue weighted by Gasteiger charge is 2.20. The van der Waals surface area contributed by atoms with Crippen LogP contribution in [0.3, 0.4) is 0 Å². The molecule has 1 heterocycles. The summed E-state index contributed by atoms with van der Waals surface area (Å²) in [5.41, 5.74) is 3.10. The molecular weight excluding hydrogens is 260 g/mol. The first-order valence-corrected chi connectivity index (χ1v) is 6.32. The Labute approximate surface area is 116 Å². The normalized spacial score (nSPS) is 12.6. The van der Waals surface area contributed by atoms with Crippen LogP contribution in [0.4, 0.5) is 0 Å². The number of benzene rings is 2. The monoisotopic (exact) mass is 270 g/mol. The predicted octanol–water partition coefficient (Wildman–Crippen LogP) is 4.41. The van der Waals surface area contributed by atoms with Gasteiger partial charge >= 0.3 is 0 Å². The summed E-state index contributed by atoms with van der Waals surface area (Å²) in [7, 11) is 0. The smallest absolute Gasteiger partial charge is 0.253 e. The number of aryl methyl sites for hydroxylation is 1. The van der Waals surface area contributed by atoms with Gasteiger partial charge in [0.25, 0.3) is 5.24 Å². The predicted molar refractivity (Wildman–Crippen MR) is 76.4 cm³/mol. The second kappa shape index (κ2) is 4.56. The van der Waals surface area contributed by atoms with Crippen LogP contribution in [0.25, 0.3) is 11.6 Å². The van der Waals surface area contributed by atoms with Gasteiger partial charge in [-0.15, -0.1) is 0 Å². The molecule has 0 aromatic heterocycles. The van der Waals surface area contributed by atoms with E-state index < -0.39 is 5.24 Å². The number of allylic oxidation sites excluding steroid dienone is 1. The van der Waals surface area contributed by atoms with E-state index in [1.165, 1.54) is 0 Å². The third-order valence-corrected chi connectivity index (χ3v) is 3.28. The van der Waals surface area contributed by atoms with Crippen molar-refractivity contribution in [3.8, 4) is 11.5 Å². The summed E-state index contributed by atoms with van der Waals surface area (Å²) in [4.78, 5) is 11.7. The molecule has 0 aliphatic carbocycles. The van der Waals surface area contributed by atoms with Crippen molar-refractivity contribution in [2.45, 2.75) is 6.92 Å². The number of fused-ring (bicyclic) bond motifs is 2. The van der Waals surface area contributed by atoms with Gasteiger partial charge in [0.1, 0.15) is 11.5 Å². The van der Waals surface area contributed by atoms with Gasteiger partial charge in [-0.3, -0.25) is 4.79 Å². The van der Waals surface area contributed by atoms with E-state index in [1.807, 2.05) is 49.4 Å². The zero-order chi connectivity index (χ0) is 13.4. The van der Waals surface area contributed by atoms with E-state index in [2.05, 4.69) is 0 Å². The number of rotatable bonds is 1. The molecule has 2 aromatic carbocycles. The number of carbonyl (C=O) groups excluding carboxylic acids is 1. The van der Waals surface area contributed by atoms with Crippen LogP contribution in [0.5, 0.6) is 11.5 Å². The lowest BCUT2D eigenvalue weighted by molar-refractivity contribution is -0.106. The first kappa shape index (κ1) is 12.0. The fraction of sp³-hybridized carbons (Fsp3) is 0.0625. The molecule has 0 fully saturated rings. The molecule has 0 bridgehead atoms. The molecule has 3 rings (SSSR count). The number of carbonyl (C=O) groups is 1. The van der Waals surface area contributed by atoms with Crippen LogP contribution in [0.1, 0.15) is 16.7 Å². The second-order valence-electron chi connectivity index (χ2n) is 4.47. The molecule has 0 spiro atoms. The van der Waals surface area contributed by atoms with Crippen molar-refractivity contribution in [2.24, 2.45) is 0 Å². The van der Waals surface area contributed by atoms with Crippen LogP contribution in [-0.4, -0.2) is 5.24 Å². The summed E-state index contributed by atoms with van der Waals surface area (Å²) in [5, 5.41) is -0.481. The molecule has 2 nitrogen and oxygen atoms in total. The van der Waals surface area contributed by atoms with Gasteiger partial charge in [-0.2, -0.15) is 0 Å². The van der Waals surface area contributed by atoms with Gasteiger partial charge in [-0.1, -0.05) is 30.3 Å². The van der Waals surface area contributed by atoms with Crippen molar-refractivity contribution in [3.05, 3.63) is 59.2 Å². The first-order chi connectivity index (χ1) is 9.15. The van der Waals surface area contributed by atoms with Crippen LogP contribution in [0, 0.1) is 6.92 Å². The van der Waals surface area contributed by atoms with Crippen molar-refractivity contribution < 1.29 is 9.53 Å². The third kappa shape index (κ3) is 2.15. The highest BCUT2D eigenvalue weighted by Crippen LogP contribution is 2.39. The minimum Gasteiger partial charge on any atom is -0.456 e. The van der Waals surface area contributed by atoms with Crippen LogP contribution >= 0.6 is 11.6 Å². The number of halogens is 1. The largest absolute Gasteiger partial charge is 0.456 e. The number of ether oxygens (including phenoxy) is 1. The molecule has 1 aliphatic heterocycles. The van der Waals surface area contributed by atoms with Gasteiger partial charge in [0.15, 0.2) is 0 Å². The molecule has 0 amide bonds. The van der Waals surface area contributed by atoms with Crippen molar-refractivity contribution in [2.75, 3.05) is 0 Å². The topological polar surface area (TPSA) is 26.3 Å². The lowest BCUT2D eigenvalue weighted by Crippen LogP contribution is -1.94. The molecule has 0 saturated carbocycles. The van der Waals surface area contributed by atoms with Gasteiger partial charge in [0.2, 0.25) is 0 Å². The van der Waals surface area contributed by atoms with Gasteiger partial charge in [0, 0.05) is 16.7 Å². The molecular formula is C16H11ClO2. The average molecular weight is 271 g/mol. The maximum atomic E-state index is 11.7. The molecule has 0 radical (unpaired) electrons. The maximum Gasteiger partial charge on any atom is 0.253 e. The Morgan fingerprint density at radius 2 is 1.89 bits per heavy atom. The van der Waals surface area contributed by atoms with Crippen molar-refractivity contribution in [1.29, 1.82) is 0 Å². The van der Waals surface area contributed by atoms with Crippen molar-refractivity contribution >= 4 is 28.5 Å². The molecule has 0 atom stereocenters. The van der Waals surface area contributed by atoms with Crippen LogP contribution < -0.4 is 4.74 Å². The highest BCUT2D eigenvalue weighted by atomic mass is 35.5. The molecule has 94 valence electrons. The molecule has 19 heavy (non-hydrogen) atoms. The molecule has 2 aromatic rings. The number of hydrogen-bond donors (Lipinski definition) is 0. The Bertz CT molecular complexity index is 702. The van der Waals surface area contributed by atoms with E-state index >= 15 is 0 Å².